The molecule has 1 N–H and O–H groups in total. The lowest BCUT2D eigenvalue weighted by Gasteiger charge is -2.11. The summed E-state index contributed by atoms with van der Waals surface area (Å²) < 4.78 is 3.00. The average Bonchev–Trinajstić information content (AvgIpc) is 2.82. The fourth-order valence-corrected chi connectivity index (χ4v) is 2.86. The molecular formula is C13H18ClN3S. The summed E-state index contributed by atoms with van der Waals surface area (Å²) >= 11 is 7.52. The van der Waals surface area contributed by atoms with Crippen LogP contribution in [0.3, 0.4) is 0 Å². The van der Waals surface area contributed by atoms with Crippen LogP contribution in [0.25, 0.3) is 0 Å². The second-order valence-electron chi connectivity index (χ2n) is 4.81. The van der Waals surface area contributed by atoms with Gasteiger partial charge >= 0.3 is 0 Å². The van der Waals surface area contributed by atoms with Gasteiger partial charge in [-0.25, -0.2) is 4.98 Å². The quantitative estimate of drug-likeness (QED) is 0.892. The largest absolute Gasteiger partial charge is 0.351 e. The molecule has 0 saturated carbocycles. The SMILES string of the molecule is Cc1cn(CC(C)C)c(NCc2ccc(Cl)s2)n1. The Bertz CT molecular complexity index is 516. The van der Waals surface area contributed by atoms with Crippen LogP contribution >= 0.6 is 22.9 Å². The van der Waals surface area contributed by atoms with Gasteiger partial charge in [0, 0.05) is 17.6 Å². The number of nitrogens with zero attached hydrogens (tertiary/aromatic N) is 2. The van der Waals surface area contributed by atoms with Crippen molar-refractivity contribution in [3.05, 3.63) is 33.2 Å². The van der Waals surface area contributed by atoms with Gasteiger partial charge in [0.2, 0.25) is 5.95 Å². The summed E-state index contributed by atoms with van der Waals surface area (Å²) in [6.45, 7) is 8.18. The van der Waals surface area contributed by atoms with E-state index in [9.17, 15) is 0 Å². The Balaban J connectivity index is 2.04. The number of hydrogen-bond donors (Lipinski definition) is 1. The van der Waals surface area contributed by atoms with Crippen molar-refractivity contribution in [1.82, 2.24) is 9.55 Å². The van der Waals surface area contributed by atoms with Crippen LogP contribution in [0.1, 0.15) is 24.4 Å². The molecule has 0 aliphatic carbocycles. The zero-order valence-corrected chi connectivity index (χ0v) is 12.5. The Morgan fingerprint density at radius 2 is 2.22 bits per heavy atom. The number of halogens is 1. The molecule has 2 heterocycles. The van der Waals surface area contributed by atoms with Crippen molar-refractivity contribution in [2.75, 3.05) is 5.32 Å². The van der Waals surface area contributed by atoms with E-state index in [-0.39, 0.29) is 0 Å². The van der Waals surface area contributed by atoms with E-state index in [1.54, 1.807) is 11.3 Å². The molecule has 5 heteroatoms. The topological polar surface area (TPSA) is 29.9 Å². The van der Waals surface area contributed by atoms with Crippen molar-refractivity contribution in [2.24, 2.45) is 5.92 Å². The molecular weight excluding hydrogens is 266 g/mol. The smallest absolute Gasteiger partial charge is 0.203 e. The number of hydrogen-bond acceptors (Lipinski definition) is 3. The highest BCUT2D eigenvalue weighted by Gasteiger charge is 2.07. The van der Waals surface area contributed by atoms with Gasteiger partial charge in [-0.3, -0.25) is 0 Å². The lowest BCUT2D eigenvalue weighted by atomic mass is 10.2. The van der Waals surface area contributed by atoms with Crippen LogP contribution in [-0.4, -0.2) is 9.55 Å². The van der Waals surface area contributed by atoms with Crippen molar-refractivity contribution in [1.29, 1.82) is 0 Å². The molecule has 0 atom stereocenters. The molecule has 18 heavy (non-hydrogen) atoms. The minimum absolute atomic E-state index is 0.607. The number of rotatable bonds is 5. The molecule has 3 nitrogen and oxygen atoms in total. The first-order valence-corrected chi connectivity index (χ1v) is 7.26. The molecule has 0 fully saturated rings. The lowest BCUT2D eigenvalue weighted by Crippen LogP contribution is -2.09. The van der Waals surface area contributed by atoms with Crippen LogP contribution in [0.2, 0.25) is 4.34 Å². The number of thiophene rings is 1. The maximum Gasteiger partial charge on any atom is 0.203 e. The zero-order chi connectivity index (χ0) is 13.1. The summed E-state index contributed by atoms with van der Waals surface area (Å²) in [6.07, 6.45) is 2.09. The molecule has 2 aromatic heterocycles. The average molecular weight is 284 g/mol. The van der Waals surface area contributed by atoms with E-state index >= 15 is 0 Å². The summed E-state index contributed by atoms with van der Waals surface area (Å²) in [5.74, 6) is 1.54. The molecule has 0 aromatic carbocycles. The van der Waals surface area contributed by atoms with Crippen molar-refractivity contribution < 1.29 is 0 Å². The molecule has 0 aliphatic rings. The fraction of sp³-hybridized carbons (Fsp3) is 0.462. The maximum absolute atomic E-state index is 5.92. The predicted octanol–water partition coefficient (Wildman–Crippen LogP) is 4.17. The minimum atomic E-state index is 0.607. The summed E-state index contributed by atoms with van der Waals surface area (Å²) in [7, 11) is 0. The van der Waals surface area contributed by atoms with Gasteiger partial charge in [-0.2, -0.15) is 0 Å². The monoisotopic (exact) mass is 283 g/mol. The van der Waals surface area contributed by atoms with Gasteiger partial charge in [0.15, 0.2) is 0 Å². The van der Waals surface area contributed by atoms with E-state index in [1.165, 1.54) is 4.88 Å². The van der Waals surface area contributed by atoms with Gasteiger partial charge in [0.05, 0.1) is 16.6 Å². The number of nitrogens with one attached hydrogen (secondary N) is 1. The Kier molecular flexibility index (Phi) is 4.30. The molecule has 0 bridgehead atoms. The van der Waals surface area contributed by atoms with Crippen molar-refractivity contribution in [3.63, 3.8) is 0 Å². The number of imidazole rings is 1. The van der Waals surface area contributed by atoms with Crippen molar-refractivity contribution >= 4 is 28.9 Å². The van der Waals surface area contributed by atoms with E-state index in [0.29, 0.717) is 5.92 Å². The van der Waals surface area contributed by atoms with Crippen LogP contribution in [0.5, 0.6) is 0 Å². The van der Waals surface area contributed by atoms with Crippen LogP contribution in [0, 0.1) is 12.8 Å². The van der Waals surface area contributed by atoms with Gasteiger partial charge in [0.1, 0.15) is 0 Å². The number of anilines is 1. The van der Waals surface area contributed by atoms with Crippen LogP contribution in [0.4, 0.5) is 5.95 Å². The predicted molar refractivity (Wildman–Crippen MR) is 78.5 cm³/mol. The van der Waals surface area contributed by atoms with Crippen LogP contribution in [0.15, 0.2) is 18.3 Å². The van der Waals surface area contributed by atoms with Gasteiger partial charge in [-0.1, -0.05) is 25.4 Å². The second-order valence-corrected chi connectivity index (χ2v) is 6.61. The summed E-state index contributed by atoms with van der Waals surface area (Å²) in [5.41, 5.74) is 1.04. The van der Waals surface area contributed by atoms with E-state index < -0.39 is 0 Å². The third-order valence-corrected chi connectivity index (χ3v) is 3.74. The van der Waals surface area contributed by atoms with Crippen molar-refractivity contribution in [3.8, 4) is 0 Å². The number of aromatic nitrogens is 2. The number of aryl methyl sites for hydroxylation is 1. The van der Waals surface area contributed by atoms with E-state index in [0.717, 1.165) is 29.1 Å². The van der Waals surface area contributed by atoms with Gasteiger partial charge in [-0.15, -0.1) is 11.3 Å². The summed E-state index contributed by atoms with van der Waals surface area (Å²) in [5, 5.41) is 3.37. The highest BCUT2D eigenvalue weighted by Crippen LogP contribution is 2.22. The molecule has 0 saturated heterocycles. The lowest BCUT2D eigenvalue weighted by molar-refractivity contribution is 0.526. The highest BCUT2D eigenvalue weighted by molar-refractivity contribution is 7.16. The first kappa shape index (κ1) is 13.4. The molecule has 2 aromatic rings. The van der Waals surface area contributed by atoms with E-state index in [2.05, 4.69) is 34.9 Å². The molecule has 0 amide bonds. The second kappa shape index (κ2) is 5.76. The minimum Gasteiger partial charge on any atom is -0.351 e. The molecule has 0 spiro atoms. The normalized spacial score (nSPS) is 11.2. The first-order chi connectivity index (χ1) is 8.54. The first-order valence-electron chi connectivity index (χ1n) is 6.06. The Labute approximate surface area is 117 Å². The van der Waals surface area contributed by atoms with E-state index in [4.69, 9.17) is 11.6 Å². The molecule has 2 rings (SSSR count). The Hall–Kier alpha value is -1.00. The van der Waals surface area contributed by atoms with Crippen molar-refractivity contribution in [2.45, 2.75) is 33.9 Å². The third-order valence-electron chi connectivity index (χ3n) is 2.51. The Morgan fingerprint density at radius 3 is 2.83 bits per heavy atom. The van der Waals surface area contributed by atoms with E-state index in [1.807, 2.05) is 19.1 Å². The fourth-order valence-electron chi connectivity index (χ4n) is 1.83. The van der Waals surface area contributed by atoms with Gasteiger partial charge in [-0.05, 0) is 25.0 Å². The highest BCUT2D eigenvalue weighted by atomic mass is 35.5. The van der Waals surface area contributed by atoms with Gasteiger partial charge < -0.3 is 9.88 Å². The van der Waals surface area contributed by atoms with Crippen LogP contribution in [-0.2, 0) is 13.1 Å². The molecule has 0 radical (unpaired) electrons. The molecule has 0 unspecified atom stereocenters. The standard InChI is InChI=1S/C13H18ClN3S/c1-9(2)7-17-8-10(3)16-13(17)15-6-11-4-5-12(14)18-11/h4-5,8-9H,6-7H2,1-3H3,(H,15,16). The zero-order valence-electron chi connectivity index (χ0n) is 10.9. The molecule has 0 aliphatic heterocycles. The summed E-state index contributed by atoms with van der Waals surface area (Å²) in [6, 6.07) is 3.97. The van der Waals surface area contributed by atoms with Crippen LogP contribution < -0.4 is 5.32 Å². The van der Waals surface area contributed by atoms with Gasteiger partial charge in [0.25, 0.3) is 0 Å². The Morgan fingerprint density at radius 1 is 1.44 bits per heavy atom. The molecule has 98 valence electrons. The summed E-state index contributed by atoms with van der Waals surface area (Å²) in [4.78, 5) is 5.73. The third kappa shape index (κ3) is 3.50. The maximum atomic E-state index is 5.92.